The largest absolute Gasteiger partial charge is 0.368 e. The number of hydrogen-bond donors (Lipinski definition) is 2. The van der Waals surface area contributed by atoms with E-state index in [4.69, 9.17) is 20.9 Å². The van der Waals surface area contributed by atoms with Crippen LogP contribution in [0.3, 0.4) is 0 Å². The highest BCUT2D eigenvalue weighted by atomic mass is 35.5. The van der Waals surface area contributed by atoms with Crippen LogP contribution in [0.5, 0.6) is 0 Å². The molecule has 1 unspecified atom stereocenters. The van der Waals surface area contributed by atoms with Gasteiger partial charge in [-0.15, -0.1) is 0 Å². The summed E-state index contributed by atoms with van der Waals surface area (Å²) in [5, 5.41) is 14.1. The van der Waals surface area contributed by atoms with E-state index in [1.165, 1.54) is 0 Å². The van der Waals surface area contributed by atoms with Crippen molar-refractivity contribution in [3.8, 4) is 11.3 Å². The van der Waals surface area contributed by atoms with Crippen molar-refractivity contribution in [3.05, 3.63) is 52.8 Å². The summed E-state index contributed by atoms with van der Waals surface area (Å²) in [6.07, 6.45) is 1.71. The summed E-state index contributed by atoms with van der Waals surface area (Å²) < 4.78 is 10.7. The second kappa shape index (κ2) is 7.27. The van der Waals surface area contributed by atoms with Gasteiger partial charge in [-0.05, 0) is 31.0 Å². The van der Waals surface area contributed by atoms with Crippen LogP contribution in [0, 0.1) is 0 Å². The molecule has 4 rings (SSSR count). The van der Waals surface area contributed by atoms with Gasteiger partial charge in [-0.2, -0.15) is 10.1 Å². The number of carbonyl (C=O) groups excluding carboxylic acids is 1. The number of nitrogens with one attached hydrogen (secondary N) is 2. The van der Waals surface area contributed by atoms with Crippen molar-refractivity contribution >= 4 is 17.5 Å². The summed E-state index contributed by atoms with van der Waals surface area (Å²) in [6, 6.07) is 8.89. The Labute approximate surface area is 153 Å². The van der Waals surface area contributed by atoms with Crippen molar-refractivity contribution in [3.63, 3.8) is 0 Å². The third kappa shape index (κ3) is 3.61. The maximum Gasteiger partial charge on any atom is 0.269 e. The summed E-state index contributed by atoms with van der Waals surface area (Å²) in [5.41, 5.74) is 1.87. The van der Waals surface area contributed by atoms with E-state index in [1.807, 2.05) is 12.1 Å². The SMILES string of the molecule is O=C(NCc1noc(C2CCCO2)n1)c1cc(-c2ccc(Cl)cc2)n[nH]1. The Morgan fingerprint density at radius 3 is 2.96 bits per heavy atom. The molecule has 1 atom stereocenters. The predicted octanol–water partition coefficient (Wildman–Crippen LogP) is 2.89. The van der Waals surface area contributed by atoms with Crippen LogP contribution in [-0.4, -0.2) is 32.9 Å². The van der Waals surface area contributed by atoms with E-state index < -0.39 is 0 Å². The molecule has 26 heavy (non-hydrogen) atoms. The minimum Gasteiger partial charge on any atom is -0.368 e. The molecule has 0 bridgehead atoms. The molecule has 2 aromatic heterocycles. The van der Waals surface area contributed by atoms with Crippen LogP contribution in [0.1, 0.15) is 41.1 Å². The van der Waals surface area contributed by atoms with Gasteiger partial charge in [-0.1, -0.05) is 28.9 Å². The average molecular weight is 374 g/mol. The number of aromatic nitrogens is 4. The summed E-state index contributed by atoms with van der Waals surface area (Å²) in [4.78, 5) is 16.5. The lowest BCUT2D eigenvalue weighted by molar-refractivity contribution is 0.0835. The smallest absolute Gasteiger partial charge is 0.269 e. The number of hydrogen-bond acceptors (Lipinski definition) is 6. The number of amides is 1. The molecule has 1 aliphatic heterocycles. The van der Waals surface area contributed by atoms with Crippen LogP contribution in [-0.2, 0) is 11.3 Å². The highest BCUT2D eigenvalue weighted by molar-refractivity contribution is 6.30. The maximum atomic E-state index is 12.3. The molecular weight excluding hydrogens is 358 g/mol. The van der Waals surface area contributed by atoms with Crippen molar-refractivity contribution in [1.29, 1.82) is 0 Å². The summed E-state index contributed by atoms with van der Waals surface area (Å²) in [6.45, 7) is 0.860. The first-order valence-corrected chi connectivity index (χ1v) is 8.60. The van der Waals surface area contributed by atoms with Gasteiger partial charge in [-0.3, -0.25) is 9.89 Å². The monoisotopic (exact) mass is 373 g/mol. The molecule has 1 saturated heterocycles. The van der Waals surface area contributed by atoms with Crippen molar-refractivity contribution in [1.82, 2.24) is 25.7 Å². The van der Waals surface area contributed by atoms with Gasteiger partial charge in [0, 0.05) is 17.2 Å². The molecule has 134 valence electrons. The predicted molar refractivity (Wildman–Crippen MR) is 92.4 cm³/mol. The summed E-state index contributed by atoms with van der Waals surface area (Å²) >= 11 is 5.88. The first-order chi connectivity index (χ1) is 12.7. The van der Waals surface area contributed by atoms with Gasteiger partial charge in [-0.25, -0.2) is 0 Å². The zero-order valence-corrected chi connectivity index (χ0v) is 14.5. The highest BCUT2D eigenvalue weighted by Crippen LogP contribution is 2.26. The van der Waals surface area contributed by atoms with E-state index in [-0.39, 0.29) is 18.6 Å². The van der Waals surface area contributed by atoms with Gasteiger partial charge in [0.05, 0.1) is 12.2 Å². The Kier molecular flexibility index (Phi) is 4.68. The Morgan fingerprint density at radius 1 is 1.35 bits per heavy atom. The Balaban J connectivity index is 1.37. The lowest BCUT2D eigenvalue weighted by Gasteiger charge is -2.01. The molecule has 1 aliphatic rings. The van der Waals surface area contributed by atoms with Crippen LogP contribution in [0.15, 0.2) is 34.9 Å². The standard InChI is InChI=1S/C17H16ClN5O3/c18-11-5-3-10(4-6-11)12-8-13(22-21-12)16(24)19-9-15-20-17(26-23-15)14-2-1-7-25-14/h3-6,8,14H,1-2,7,9H2,(H,19,24)(H,21,22). The number of halogens is 1. The maximum absolute atomic E-state index is 12.3. The van der Waals surface area contributed by atoms with Gasteiger partial charge >= 0.3 is 0 Å². The normalized spacial score (nSPS) is 16.7. The van der Waals surface area contributed by atoms with E-state index >= 15 is 0 Å². The molecular formula is C17H16ClN5O3. The molecule has 0 radical (unpaired) electrons. The van der Waals surface area contributed by atoms with Crippen LogP contribution in [0.4, 0.5) is 0 Å². The van der Waals surface area contributed by atoms with Gasteiger partial charge in [0.25, 0.3) is 11.8 Å². The quantitative estimate of drug-likeness (QED) is 0.712. The fourth-order valence-corrected chi connectivity index (χ4v) is 2.83. The van der Waals surface area contributed by atoms with Gasteiger partial charge in [0.1, 0.15) is 11.8 Å². The van der Waals surface area contributed by atoms with Crippen molar-refractivity contribution < 1.29 is 14.1 Å². The second-order valence-corrected chi connectivity index (χ2v) is 6.34. The second-order valence-electron chi connectivity index (χ2n) is 5.91. The molecule has 1 fully saturated rings. The van der Waals surface area contributed by atoms with E-state index in [2.05, 4.69) is 25.7 Å². The number of rotatable bonds is 5. The van der Waals surface area contributed by atoms with Gasteiger partial charge in [0.15, 0.2) is 5.82 Å². The molecule has 1 aromatic carbocycles. The first-order valence-electron chi connectivity index (χ1n) is 8.22. The molecule has 9 heteroatoms. The van der Waals surface area contributed by atoms with Crippen molar-refractivity contribution in [2.45, 2.75) is 25.5 Å². The third-order valence-electron chi connectivity index (χ3n) is 4.06. The van der Waals surface area contributed by atoms with Crippen LogP contribution in [0.2, 0.25) is 5.02 Å². The molecule has 1 amide bonds. The van der Waals surface area contributed by atoms with Gasteiger partial charge < -0.3 is 14.6 Å². The number of nitrogens with zero attached hydrogens (tertiary/aromatic N) is 3. The molecule has 3 heterocycles. The Morgan fingerprint density at radius 2 is 2.19 bits per heavy atom. The van der Waals surface area contributed by atoms with Crippen LogP contribution >= 0.6 is 11.6 Å². The number of benzene rings is 1. The van der Waals surface area contributed by atoms with Crippen molar-refractivity contribution in [2.75, 3.05) is 6.61 Å². The Bertz CT molecular complexity index is 899. The molecule has 0 aliphatic carbocycles. The summed E-state index contributed by atoms with van der Waals surface area (Å²) in [7, 11) is 0. The van der Waals surface area contributed by atoms with Gasteiger partial charge in [0.2, 0.25) is 0 Å². The Hall–Kier alpha value is -2.71. The lowest BCUT2D eigenvalue weighted by Crippen LogP contribution is -2.23. The number of carbonyl (C=O) groups is 1. The molecule has 0 saturated carbocycles. The van der Waals surface area contributed by atoms with Crippen molar-refractivity contribution in [2.24, 2.45) is 0 Å². The summed E-state index contributed by atoms with van der Waals surface area (Å²) in [5.74, 6) is 0.556. The van der Waals surface area contributed by atoms with E-state index in [0.717, 1.165) is 18.4 Å². The number of ether oxygens (including phenoxy) is 1. The molecule has 2 N–H and O–H groups in total. The fraction of sp³-hybridized carbons (Fsp3) is 0.294. The molecule has 8 nitrogen and oxygen atoms in total. The van der Waals surface area contributed by atoms with E-state index in [1.54, 1.807) is 18.2 Å². The average Bonchev–Trinajstić information content (AvgIpc) is 3.41. The first kappa shape index (κ1) is 16.7. The number of aromatic amines is 1. The van der Waals surface area contributed by atoms with E-state index in [0.29, 0.717) is 34.7 Å². The van der Waals surface area contributed by atoms with Crippen LogP contribution in [0.25, 0.3) is 11.3 Å². The minimum atomic E-state index is -0.304. The van der Waals surface area contributed by atoms with E-state index in [9.17, 15) is 4.79 Å². The molecule has 3 aromatic rings. The third-order valence-corrected chi connectivity index (χ3v) is 4.31. The molecule has 0 spiro atoms. The topological polar surface area (TPSA) is 106 Å². The zero-order chi connectivity index (χ0) is 17.9. The zero-order valence-electron chi connectivity index (χ0n) is 13.7. The van der Waals surface area contributed by atoms with Crippen LogP contribution < -0.4 is 5.32 Å². The highest BCUT2D eigenvalue weighted by Gasteiger charge is 2.24. The number of H-pyrrole nitrogens is 1. The lowest BCUT2D eigenvalue weighted by atomic mass is 10.1. The fourth-order valence-electron chi connectivity index (χ4n) is 2.70. The minimum absolute atomic E-state index is 0.138.